The first-order valence-electron chi connectivity index (χ1n) is 9.38. The summed E-state index contributed by atoms with van der Waals surface area (Å²) in [6.45, 7) is 6.30. The number of hydrogen-bond acceptors (Lipinski definition) is 6. The highest BCUT2D eigenvalue weighted by Gasteiger charge is 2.24. The zero-order chi connectivity index (χ0) is 21.8. The van der Waals surface area contributed by atoms with E-state index in [0.717, 1.165) is 30.5 Å². The number of nitro benzene ring substituents is 1. The van der Waals surface area contributed by atoms with Crippen LogP contribution in [0.1, 0.15) is 24.2 Å². The molecule has 0 aliphatic rings. The molecular weight excluding hydrogens is 450 g/mol. The van der Waals surface area contributed by atoms with E-state index in [4.69, 9.17) is 0 Å². The molecule has 11 heteroatoms. The van der Waals surface area contributed by atoms with E-state index in [0.29, 0.717) is 6.54 Å². The molecule has 0 saturated carbocycles. The van der Waals surface area contributed by atoms with Crippen LogP contribution in [0.4, 0.5) is 19.6 Å². The number of thiazole rings is 1. The average molecular weight is 471 g/mol. The summed E-state index contributed by atoms with van der Waals surface area (Å²) in [5.41, 5.74) is -0.104. The highest BCUT2D eigenvalue weighted by Crippen LogP contribution is 2.32. The van der Waals surface area contributed by atoms with Crippen LogP contribution in [0.25, 0.3) is 10.2 Å². The molecule has 1 amide bonds. The van der Waals surface area contributed by atoms with Crippen molar-refractivity contribution in [3.63, 3.8) is 0 Å². The number of halogens is 3. The van der Waals surface area contributed by atoms with Gasteiger partial charge in [0.05, 0.1) is 9.62 Å². The number of carbonyl (C=O) groups excluding carboxylic acids is 1. The Hall–Kier alpha value is -2.69. The maximum absolute atomic E-state index is 14.1. The summed E-state index contributed by atoms with van der Waals surface area (Å²) >= 11 is 0.996. The van der Waals surface area contributed by atoms with Gasteiger partial charge in [0, 0.05) is 36.9 Å². The van der Waals surface area contributed by atoms with E-state index in [1.807, 2.05) is 13.8 Å². The third-order valence-electron chi connectivity index (χ3n) is 4.72. The summed E-state index contributed by atoms with van der Waals surface area (Å²) in [6.07, 6.45) is 0. The zero-order valence-corrected chi connectivity index (χ0v) is 18.5. The minimum absolute atomic E-state index is 0. The first kappa shape index (κ1) is 24.6. The molecule has 0 atom stereocenters. The van der Waals surface area contributed by atoms with Gasteiger partial charge in [-0.15, -0.1) is 12.4 Å². The second-order valence-electron chi connectivity index (χ2n) is 6.52. The number of aromatic nitrogens is 1. The predicted octanol–water partition coefficient (Wildman–Crippen LogP) is 4.89. The molecule has 166 valence electrons. The maximum atomic E-state index is 14.1. The van der Waals surface area contributed by atoms with Crippen LogP contribution >= 0.6 is 23.7 Å². The van der Waals surface area contributed by atoms with E-state index in [9.17, 15) is 23.7 Å². The van der Waals surface area contributed by atoms with Gasteiger partial charge in [-0.05, 0) is 25.2 Å². The lowest BCUT2D eigenvalue weighted by atomic mass is 10.2. The first-order chi connectivity index (χ1) is 14.3. The van der Waals surface area contributed by atoms with E-state index >= 15 is 0 Å². The molecule has 0 unspecified atom stereocenters. The molecule has 1 aromatic heterocycles. The van der Waals surface area contributed by atoms with E-state index in [-0.39, 0.29) is 45.6 Å². The van der Waals surface area contributed by atoms with Crippen LogP contribution in [-0.2, 0) is 0 Å². The Morgan fingerprint density at radius 2 is 1.87 bits per heavy atom. The van der Waals surface area contributed by atoms with Gasteiger partial charge in [0.1, 0.15) is 11.3 Å². The molecule has 0 N–H and O–H groups in total. The fourth-order valence-corrected chi connectivity index (χ4v) is 4.06. The molecule has 0 bridgehead atoms. The van der Waals surface area contributed by atoms with Crippen LogP contribution in [-0.4, -0.2) is 46.9 Å². The van der Waals surface area contributed by atoms with Crippen LogP contribution in [0.15, 0.2) is 36.4 Å². The van der Waals surface area contributed by atoms with E-state index in [2.05, 4.69) is 9.88 Å². The Labute approximate surface area is 187 Å². The molecule has 2 aromatic carbocycles. The average Bonchev–Trinajstić information content (AvgIpc) is 3.15. The second kappa shape index (κ2) is 10.6. The summed E-state index contributed by atoms with van der Waals surface area (Å²) in [5, 5.41) is 11.3. The van der Waals surface area contributed by atoms with E-state index in [1.54, 1.807) is 0 Å². The van der Waals surface area contributed by atoms with Crippen LogP contribution in [0.5, 0.6) is 0 Å². The Kier molecular flexibility index (Phi) is 8.37. The number of likely N-dealkylation sites (N-methyl/N-ethyl adjacent to an activating group) is 1. The number of carbonyl (C=O) groups is 1. The number of amides is 1. The minimum atomic E-state index is -0.806. The molecule has 31 heavy (non-hydrogen) atoms. The van der Waals surface area contributed by atoms with Crippen molar-refractivity contribution >= 4 is 50.7 Å². The third kappa shape index (κ3) is 5.52. The van der Waals surface area contributed by atoms with Gasteiger partial charge in [0.25, 0.3) is 11.6 Å². The Morgan fingerprint density at radius 1 is 1.16 bits per heavy atom. The molecule has 0 aliphatic carbocycles. The van der Waals surface area contributed by atoms with Crippen molar-refractivity contribution in [1.29, 1.82) is 0 Å². The number of fused-ring (bicyclic) bond motifs is 1. The third-order valence-corrected chi connectivity index (χ3v) is 5.74. The lowest BCUT2D eigenvalue weighted by Crippen LogP contribution is -2.38. The highest BCUT2D eigenvalue weighted by molar-refractivity contribution is 7.22. The molecular formula is C20H21ClF2N4O3S. The minimum Gasteiger partial charge on any atom is -0.302 e. The quantitative estimate of drug-likeness (QED) is 0.346. The van der Waals surface area contributed by atoms with E-state index in [1.165, 1.54) is 35.2 Å². The standard InChI is InChI=1S/C20H20F2N4O3S.ClH/c1-3-24(4-2)8-9-25(19(27)13-6-5-7-15(10-13)26(28)29)20-23-18-16(22)11-14(21)12-17(18)30-20;/h5-7,10-12H,3-4,8-9H2,1-2H3;1H. The monoisotopic (exact) mass is 470 g/mol. The summed E-state index contributed by atoms with van der Waals surface area (Å²) in [6, 6.07) is 7.32. The van der Waals surface area contributed by atoms with Gasteiger partial charge in [0.2, 0.25) is 0 Å². The molecule has 3 aromatic rings. The van der Waals surface area contributed by atoms with Gasteiger partial charge < -0.3 is 4.90 Å². The summed E-state index contributed by atoms with van der Waals surface area (Å²) in [4.78, 5) is 31.4. The SMILES string of the molecule is CCN(CC)CCN(C(=O)c1cccc([N+](=O)[O-])c1)c1nc2c(F)cc(F)cc2s1.Cl. The molecule has 0 spiro atoms. The number of rotatable bonds is 8. The molecule has 0 saturated heterocycles. The Bertz CT molecular complexity index is 1090. The summed E-state index contributed by atoms with van der Waals surface area (Å²) < 4.78 is 28.0. The van der Waals surface area contributed by atoms with Crippen molar-refractivity contribution in [3.8, 4) is 0 Å². The normalized spacial score (nSPS) is 10.9. The topological polar surface area (TPSA) is 79.6 Å². The zero-order valence-electron chi connectivity index (χ0n) is 16.9. The Balaban J connectivity index is 0.00000341. The first-order valence-corrected chi connectivity index (χ1v) is 10.2. The molecule has 0 fully saturated rings. The Morgan fingerprint density at radius 3 is 2.52 bits per heavy atom. The lowest BCUT2D eigenvalue weighted by molar-refractivity contribution is -0.384. The largest absolute Gasteiger partial charge is 0.302 e. The van der Waals surface area contributed by atoms with Crippen LogP contribution < -0.4 is 4.90 Å². The second-order valence-corrected chi connectivity index (χ2v) is 7.53. The van der Waals surface area contributed by atoms with Crippen molar-refractivity contribution < 1.29 is 18.5 Å². The van der Waals surface area contributed by atoms with Crippen molar-refractivity contribution in [2.24, 2.45) is 0 Å². The fraction of sp³-hybridized carbons (Fsp3) is 0.300. The number of non-ortho nitro benzene ring substituents is 1. The number of benzene rings is 2. The van der Waals surface area contributed by atoms with Crippen LogP contribution in [0.2, 0.25) is 0 Å². The lowest BCUT2D eigenvalue weighted by Gasteiger charge is -2.24. The van der Waals surface area contributed by atoms with Crippen molar-refractivity contribution in [2.45, 2.75) is 13.8 Å². The number of anilines is 1. The van der Waals surface area contributed by atoms with Gasteiger partial charge in [-0.25, -0.2) is 13.8 Å². The fourth-order valence-electron chi connectivity index (χ4n) is 3.03. The highest BCUT2D eigenvalue weighted by atomic mass is 35.5. The number of nitrogens with zero attached hydrogens (tertiary/aromatic N) is 4. The molecule has 0 radical (unpaired) electrons. The van der Waals surface area contributed by atoms with Gasteiger partial charge in [-0.1, -0.05) is 31.3 Å². The van der Waals surface area contributed by atoms with Crippen LogP contribution in [0.3, 0.4) is 0 Å². The van der Waals surface area contributed by atoms with E-state index < -0.39 is 22.5 Å². The molecule has 7 nitrogen and oxygen atoms in total. The van der Waals surface area contributed by atoms with Crippen molar-refractivity contribution in [3.05, 3.63) is 63.7 Å². The van der Waals surface area contributed by atoms with Gasteiger partial charge in [0.15, 0.2) is 10.9 Å². The summed E-state index contributed by atoms with van der Waals surface area (Å²) in [7, 11) is 0. The maximum Gasteiger partial charge on any atom is 0.270 e. The van der Waals surface area contributed by atoms with Gasteiger partial charge in [-0.3, -0.25) is 19.8 Å². The smallest absolute Gasteiger partial charge is 0.270 e. The molecule has 0 aliphatic heterocycles. The predicted molar refractivity (Wildman–Crippen MR) is 119 cm³/mol. The van der Waals surface area contributed by atoms with Crippen molar-refractivity contribution in [2.75, 3.05) is 31.1 Å². The summed E-state index contributed by atoms with van der Waals surface area (Å²) in [5.74, 6) is -2.03. The molecule has 3 rings (SSSR count). The number of nitro groups is 1. The van der Waals surface area contributed by atoms with Crippen molar-refractivity contribution in [1.82, 2.24) is 9.88 Å². The van der Waals surface area contributed by atoms with Crippen LogP contribution in [0, 0.1) is 21.7 Å². The van der Waals surface area contributed by atoms with Gasteiger partial charge >= 0.3 is 0 Å². The number of hydrogen-bond donors (Lipinski definition) is 0. The molecule has 1 heterocycles. The van der Waals surface area contributed by atoms with Gasteiger partial charge in [-0.2, -0.15) is 0 Å².